The Balaban J connectivity index is 1.59. The lowest BCUT2D eigenvalue weighted by Crippen LogP contribution is -2.44. The molecule has 0 aromatic carbocycles. The zero-order chi connectivity index (χ0) is 14.7. The van der Waals surface area contributed by atoms with Gasteiger partial charge in [-0.05, 0) is 50.9 Å². The topological polar surface area (TPSA) is 41.6 Å². The second-order valence-electron chi connectivity index (χ2n) is 6.93. The van der Waals surface area contributed by atoms with Gasteiger partial charge in [0.25, 0.3) is 0 Å². The van der Waals surface area contributed by atoms with Crippen LogP contribution in [0.2, 0.25) is 0 Å². The molecule has 2 aliphatic heterocycles. The van der Waals surface area contributed by atoms with Crippen LogP contribution in [0.3, 0.4) is 0 Å². The fourth-order valence-corrected chi connectivity index (χ4v) is 4.23. The van der Waals surface area contributed by atoms with Gasteiger partial charge in [0.2, 0.25) is 5.91 Å². The molecule has 1 amide bonds. The molecule has 3 atom stereocenters. The summed E-state index contributed by atoms with van der Waals surface area (Å²) in [5, 5.41) is 3.61. The summed E-state index contributed by atoms with van der Waals surface area (Å²) in [4.78, 5) is 14.7. The first-order valence-corrected chi connectivity index (χ1v) is 8.97. The van der Waals surface area contributed by atoms with Crippen LogP contribution in [0.5, 0.6) is 0 Å². The van der Waals surface area contributed by atoms with E-state index in [2.05, 4.69) is 17.1 Å². The maximum atomic E-state index is 12.6. The van der Waals surface area contributed by atoms with Gasteiger partial charge in [0.05, 0.1) is 18.3 Å². The van der Waals surface area contributed by atoms with Gasteiger partial charge in [0.1, 0.15) is 0 Å². The van der Waals surface area contributed by atoms with E-state index in [9.17, 15) is 4.79 Å². The first kappa shape index (κ1) is 15.3. The van der Waals surface area contributed by atoms with Gasteiger partial charge in [-0.15, -0.1) is 0 Å². The number of rotatable bonds is 5. The summed E-state index contributed by atoms with van der Waals surface area (Å²) >= 11 is 0. The minimum absolute atomic E-state index is 0.0443. The Labute approximate surface area is 128 Å². The molecule has 1 aliphatic carbocycles. The van der Waals surface area contributed by atoms with Crippen LogP contribution >= 0.6 is 0 Å². The molecule has 3 unspecified atom stereocenters. The first-order valence-electron chi connectivity index (χ1n) is 8.97. The third-order valence-electron chi connectivity index (χ3n) is 5.51. The zero-order valence-electron chi connectivity index (χ0n) is 13.4. The standard InChI is InChI=1S/C17H30N2O2/c1-2-15-17(20)19(11-10-14-9-5-6-12-21-14)16(18-15)13-7-3-4-8-13/h13-16,18H,2-12H2,1H3. The quantitative estimate of drug-likeness (QED) is 0.847. The summed E-state index contributed by atoms with van der Waals surface area (Å²) in [5.41, 5.74) is 0. The lowest BCUT2D eigenvalue weighted by molar-refractivity contribution is -0.131. The van der Waals surface area contributed by atoms with Gasteiger partial charge in [0.15, 0.2) is 0 Å². The smallest absolute Gasteiger partial charge is 0.241 e. The fourth-order valence-electron chi connectivity index (χ4n) is 4.23. The van der Waals surface area contributed by atoms with Gasteiger partial charge < -0.3 is 9.64 Å². The summed E-state index contributed by atoms with van der Waals surface area (Å²) in [5.74, 6) is 0.989. The molecule has 3 fully saturated rings. The summed E-state index contributed by atoms with van der Waals surface area (Å²) in [6, 6.07) is 0.0443. The predicted molar refractivity (Wildman–Crippen MR) is 82.9 cm³/mol. The molecule has 21 heavy (non-hydrogen) atoms. The summed E-state index contributed by atoms with van der Waals surface area (Å²) in [6.07, 6.45) is 11.4. The second-order valence-corrected chi connectivity index (χ2v) is 6.93. The Morgan fingerprint density at radius 3 is 2.62 bits per heavy atom. The summed E-state index contributed by atoms with van der Waals surface area (Å²) < 4.78 is 5.83. The van der Waals surface area contributed by atoms with E-state index in [1.165, 1.54) is 44.9 Å². The lowest BCUT2D eigenvalue weighted by atomic mass is 10.0. The van der Waals surface area contributed by atoms with Crippen molar-refractivity contribution in [3.05, 3.63) is 0 Å². The average molecular weight is 294 g/mol. The van der Waals surface area contributed by atoms with E-state index >= 15 is 0 Å². The molecule has 2 heterocycles. The van der Waals surface area contributed by atoms with Crippen LogP contribution in [0, 0.1) is 5.92 Å². The molecule has 0 aromatic rings. The van der Waals surface area contributed by atoms with Crippen LogP contribution in [-0.4, -0.2) is 42.3 Å². The van der Waals surface area contributed by atoms with Crippen molar-refractivity contribution in [1.82, 2.24) is 10.2 Å². The van der Waals surface area contributed by atoms with Gasteiger partial charge in [-0.3, -0.25) is 10.1 Å². The molecule has 4 heteroatoms. The largest absolute Gasteiger partial charge is 0.378 e. The minimum atomic E-state index is 0.0443. The van der Waals surface area contributed by atoms with Crippen LogP contribution in [0.25, 0.3) is 0 Å². The van der Waals surface area contributed by atoms with Gasteiger partial charge in [-0.25, -0.2) is 0 Å². The van der Waals surface area contributed by atoms with E-state index in [0.29, 0.717) is 17.9 Å². The number of nitrogens with zero attached hydrogens (tertiary/aromatic N) is 1. The van der Waals surface area contributed by atoms with Crippen molar-refractivity contribution < 1.29 is 9.53 Å². The van der Waals surface area contributed by atoms with Crippen molar-refractivity contribution in [1.29, 1.82) is 0 Å². The van der Waals surface area contributed by atoms with E-state index in [4.69, 9.17) is 4.74 Å². The average Bonchev–Trinajstić information content (AvgIpc) is 3.14. The molecule has 0 bridgehead atoms. The Morgan fingerprint density at radius 1 is 1.19 bits per heavy atom. The molecular formula is C17H30N2O2. The molecule has 2 saturated heterocycles. The summed E-state index contributed by atoms with van der Waals surface area (Å²) in [7, 11) is 0. The number of hydrogen-bond donors (Lipinski definition) is 1. The van der Waals surface area contributed by atoms with Crippen LogP contribution in [0.1, 0.15) is 64.7 Å². The molecule has 3 rings (SSSR count). The Morgan fingerprint density at radius 2 is 1.95 bits per heavy atom. The Hall–Kier alpha value is -0.610. The third-order valence-corrected chi connectivity index (χ3v) is 5.51. The highest BCUT2D eigenvalue weighted by Crippen LogP contribution is 2.32. The van der Waals surface area contributed by atoms with Gasteiger partial charge in [-0.2, -0.15) is 0 Å². The molecule has 1 N–H and O–H groups in total. The highest BCUT2D eigenvalue weighted by atomic mass is 16.5. The molecule has 3 aliphatic rings. The maximum absolute atomic E-state index is 12.6. The maximum Gasteiger partial charge on any atom is 0.241 e. The van der Waals surface area contributed by atoms with Crippen LogP contribution in [0.15, 0.2) is 0 Å². The Kier molecular flexibility index (Phi) is 5.17. The van der Waals surface area contributed by atoms with Crippen molar-refractivity contribution in [2.45, 2.75) is 83.0 Å². The van der Waals surface area contributed by atoms with E-state index < -0.39 is 0 Å². The molecular weight excluding hydrogens is 264 g/mol. The minimum Gasteiger partial charge on any atom is -0.378 e. The monoisotopic (exact) mass is 294 g/mol. The Bertz CT molecular complexity index is 349. The van der Waals surface area contributed by atoms with Crippen molar-refractivity contribution in [3.8, 4) is 0 Å². The molecule has 0 spiro atoms. The van der Waals surface area contributed by atoms with Crippen molar-refractivity contribution in [2.75, 3.05) is 13.2 Å². The van der Waals surface area contributed by atoms with Gasteiger partial charge in [0, 0.05) is 13.2 Å². The molecule has 0 radical (unpaired) electrons. The number of ether oxygens (including phenoxy) is 1. The fraction of sp³-hybridized carbons (Fsp3) is 0.941. The first-order chi connectivity index (χ1) is 10.3. The molecule has 120 valence electrons. The van der Waals surface area contributed by atoms with Gasteiger partial charge in [-0.1, -0.05) is 19.8 Å². The summed E-state index contributed by atoms with van der Waals surface area (Å²) in [6.45, 7) is 3.88. The predicted octanol–water partition coefficient (Wildman–Crippen LogP) is 2.67. The number of carbonyl (C=O) groups excluding carboxylic acids is 1. The van der Waals surface area contributed by atoms with E-state index in [1.807, 2.05) is 0 Å². The van der Waals surface area contributed by atoms with E-state index in [-0.39, 0.29) is 12.2 Å². The van der Waals surface area contributed by atoms with Crippen LogP contribution < -0.4 is 5.32 Å². The zero-order valence-corrected chi connectivity index (χ0v) is 13.4. The number of hydrogen-bond acceptors (Lipinski definition) is 3. The molecule has 1 saturated carbocycles. The normalized spacial score (nSPS) is 34.8. The highest BCUT2D eigenvalue weighted by molar-refractivity contribution is 5.84. The second kappa shape index (κ2) is 7.10. The lowest BCUT2D eigenvalue weighted by Gasteiger charge is -2.31. The van der Waals surface area contributed by atoms with Crippen molar-refractivity contribution in [2.24, 2.45) is 5.92 Å². The van der Waals surface area contributed by atoms with E-state index in [0.717, 1.165) is 26.0 Å². The number of amides is 1. The van der Waals surface area contributed by atoms with Crippen LogP contribution in [0.4, 0.5) is 0 Å². The SMILES string of the molecule is CCC1NC(C2CCCC2)N(CCC2CCCCO2)C1=O. The highest BCUT2D eigenvalue weighted by Gasteiger charge is 2.42. The third kappa shape index (κ3) is 3.42. The van der Waals surface area contributed by atoms with Crippen molar-refractivity contribution in [3.63, 3.8) is 0 Å². The van der Waals surface area contributed by atoms with E-state index in [1.54, 1.807) is 0 Å². The molecule has 0 aromatic heterocycles. The molecule has 4 nitrogen and oxygen atoms in total. The number of carbonyl (C=O) groups is 1. The van der Waals surface area contributed by atoms with Crippen LogP contribution in [-0.2, 0) is 9.53 Å². The number of nitrogens with one attached hydrogen (secondary N) is 1. The van der Waals surface area contributed by atoms with Crippen molar-refractivity contribution >= 4 is 5.91 Å². The van der Waals surface area contributed by atoms with Gasteiger partial charge >= 0.3 is 0 Å².